The van der Waals surface area contributed by atoms with Crippen LogP contribution in [0.3, 0.4) is 0 Å². The highest BCUT2D eigenvalue weighted by Gasteiger charge is 2.25. The third kappa shape index (κ3) is 3.64. The number of hydrogen-bond donors (Lipinski definition) is 0. The first-order chi connectivity index (χ1) is 13.3. The van der Waals surface area contributed by atoms with Crippen LogP contribution in [-0.4, -0.2) is 54.1 Å². The van der Waals surface area contributed by atoms with E-state index in [1.165, 1.54) is 11.3 Å². The van der Waals surface area contributed by atoms with E-state index < -0.39 is 0 Å². The van der Waals surface area contributed by atoms with Gasteiger partial charge in [0.2, 0.25) is 0 Å². The van der Waals surface area contributed by atoms with Gasteiger partial charge < -0.3 is 14.5 Å². The largest absolute Gasteiger partial charge is 0.495 e. The summed E-state index contributed by atoms with van der Waals surface area (Å²) in [4.78, 5) is 25.6. The maximum absolute atomic E-state index is 12.8. The highest BCUT2D eigenvalue weighted by atomic mass is 32.1. The Bertz CT molecular complexity index is 920. The van der Waals surface area contributed by atoms with Crippen molar-refractivity contribution in [1.29, 1.82) is 0 Å². The van der Waals surface area contributed by atoms with Crippen LogP contribution in [0.2, 0.25) is 0 Å². The molecule has 3 aromatic rings. The maximum atomic E-state index is 12.8. The third-order valence-electron chi connectivity index (χ3n) is 4.62. The number of rotatable bonds is 4. The molecule has 0 unspecified atom stereocenters. The molecule has 27 heavy (non-hydrogen) atoms. The first-order valence-corrected chi connectivity index (χ1v) is 9.67. The number of aromatic nitrogens is 2. The van der Waals surface area contributed by atoms with E-state index in [1.54, 1.807) is 19.5 Å². The van der Waals surface area contributed by atoms with E-state index in [-0.39, 0.29) is 5.91 Å². The summed E-state index contributed by atoms with van der Waals surface area (Å²) >= 11 is 1.47. The monoisotopic (exact) mass is 380 g/mol. The van der Waals surface area contributed by atoms with Crippen molar-refractivity contribution in [2.24, 2.45) is 0 Å². The lowest BCUT2D eigenvalue weighted by molar-refractivity contribution is 0.0741. The molecule has 1 aliphatic heterocycles. The lowest BCUT2D eigenvalue weighted by Crippen LogP contribution is -2.49. The molecule has 1 saturated heterocycles. The van der Waals surface area contributed by atoms with Crippen LogP contribution in [-0.2, 0) is 0 Å². The van der Waals surface area contributed by atoms with Crippen molar-refractivity contribution in [2.45, 2.75) is 0 Å². The second-order valence-corrected chi connectivity index (χ2v) is 7.09. The normalized spacial score (nSPS) is 14.3. The first kappa shape index (κ1) is 17.5. The molecule has 0 bridgehead atoms. The summed E-state index contributed by atoms with van der Waals surface area (Å²) in [5, 5.41) is 2.65. The second-order valence-electron chi connectivity index (χ2n) is 6.23. The number of thiazole rings is 1. The standard InChI is InChI=1S/C20H20N4O2S/c1-26-18-7-3-2-6-17(18)23-9-11-24(12-10-23)20(25)16-14-27-19(22-16)15-5-4-8-21-13-15/h2-8,13-14H,9-12H2,1H3. The summed E-state index contributed by atoms with van der Waals surface area (Å²) < 4.78 is 5.45. The van der Waals surface area contributed by atoms with Crippen LogP contribution in [0.4, 0.5) is 5.69 Å². The van der Waals surface area contributed by atoms with E-state index in [0.717, 1.165) is 35.1 Å². The number of piperazine rings is 1. The van der Waals surface area contributed by atoms with E-state index in [9.17, 15) is 4.79 Å². The molecule has 0 saturated carbocycles. The van der Waals surface area contributed by atoms with E-state index in [2.05, 4.69) is 20.9 Å². The van der Waals surface area contributed by atoms with Crippen molar-refractivity contribution in [2.75, 3.05) is 38.2 Å². The molecule has 1 fully saturated rings. The van der Waals surface area contributed by atoms with Gasteiger partial charge >= 0.3 is 0 Å². The van der Waals surface area contributed by atoms with Crippen molar-refractivity contribution in [3.63, 3.8) is 0 Å². The second kappa shape index (κ2) is 7.75. The Balaban J connectivity index is 1.43. The molecule has 0 atom stereocenters. The zero-order valence-corrected chi connectivity index (χ0v) is 15.9. The number of methoxy groups -OCH3 is 1. The van der Waals surface area contributed by atoms with Gasteiger partial charge in [-0.25, -0.2) is 4.98 Å². The minimum absolute atomic E-state index is 0.0129. The molecule has 7 heteroatoms. The minimum atomic E-state index is -0.0129. The van der Waals surface area contributed by atoms with Gasteiger partial charge in [-0.1, -0.05) is 12.1 Å². The number of anilines is 1. The molecule has 0 radical (unpaired) electrons. The summed E-state index contributed by atoms with van der Waals surface area (Å²) in [6, 6.07) is 11.8. The summed E-state index contributed by atoms with van der Waals surface area (Å²) in [6.45, 7) is 2.87. The summed E-state index contributed by atoms with van der Waals surface area (Å²) in [7, 11) is 1.68. The molecule has 0 N–H and O–H groups in total. The summed E-state index contributed by atoms with van der Waals surface area (Å²) in [5.74, 6) is 0.846. The van der Waals surface area contributed by atoms with E-state index >= 15 is 0 Å². The molecular weight excluding hydrogens is 360 g/mol. The summed E-state index contributed by atoms with van der Waals surface area (Å²) in [6.07, 6.45) is 3.49. The molecule has 6 nitrogen and oxygen atoms in total. The van der Waals surface area contributed by atoms with Gasteiger partial charge in [0, 0.05) is 49.5 Å². The van der Waals surface area contributed by atoms with Crippen molar-refractivity contribution in [3.8, 4) is 16.3 Å². The predicted molar refractivity (Wildman–Crippen MR) is 106 cm³/mol. The van der Waals surface area contributed by atoms with Gasteiger partial charge in [0.05, 0.1) is 12.8 Å². The van der Waals surface area contributed by atoms with Gasteiger partial charge in [-0.05, 0) is 24.3 Å². The fourth-order valence-electron chi connectivity index (χ4n) is 3.20. The van der Waals surface area contributed by atoms with Gasteiger partial charge in [0.25, 0.3) is 5.91 Å². The number of hydrogen-bond acceptors (Lipinski definition) is 6. The lowest BCUT2D eigenvalue weighted by Gasteiger charge is -2.36. The van der Waals surface area contributed by atoms with Crippen molar-refractivity contribution in [1.82, 2.24) is 14.9 Å². The molecule has 0 aliphatic carbocycles. The van der Waals surface area contributed by atoms with E-state index in [0.29, 0.717) is 18.8 Å². The van der Waals surface area contributed by atoms with Crippen molar-refractivity contribution in [3.05, 3.63) is 59.9 Å². The number of nitrogens with zero attached hydrogens (tertiary/aromatic N) is 4. The number of benzene rings is 1. The smallest absolute Gasteiger partial charge is 0.273 e. The van der Waals surface area contributed by atoms with Gasteiger partial charge in [-0.2, -0.15) is 0 Å². The fourth-order valence-corrected chi connectivity index (χ4v) is 3.98. The average Bonchev–Trinajstić information content (AvgIpc) is 3.24. The Morgan fingerprint density at radius 3 is 2.67 bits per heavy atom. The molecule has 1 aliphatic rings. The number of para-hydroxylation sites is 2. The first-order valence-electron chi connectivity index (χ1n) is 8.79. The van der Waals surface area contributed by atoms with Crippen molar-refractivity contribution < 1.29 is 9.53 Å². The molecule has 3 heterocycles. The highest BCUT2D eigenvalue weighted by molar-refractivity contribution is 7.13. The SMILES string of the molecule is COc1ccccc1N1CCN(C(=O)c2csc(-c3cccnc3)n2)CC1. The maximum Gasteiger partial charge on any atom is 0.273 e. The topological polar surface area (TPSA) is 58.6 Å². The molecule has 1 amide bonds. The fraction of sp³-hybridized carbons (Fsp3) is 0.250. The lowest BCUT2D eigenvalue weighted by atomic mass is 10.2. The van der Waals surface area contributed by atoms with E-state index in [1.807, 2.05) is 40.6 Å². The Morgan fingerprint density at radius 1 is 1.11 bits per heavy atom. The van der Waals surface area contributed by atoms with Crippen LogP contribution >= 0.6 is 11.3 Å². The van der Waals surface area contributed by atoms with Crippen LogP contribution in [0.25, 0.3) is 10.6 Å². The highest BCUT2D eigenvalue weighted by Crippen LogP contribution is 2.29. The van der Waals surface area contributed by atoms with Crippen LogP contribution < -0.4 is 9.64 Å². The van der Waals surface area contributed by atoms with Gasteiger partial charge in [-0.3, -0.25) is 9.78 Å². The predicted octanol–water partition coefficient (Wildman–Crippen LogP) is 3.18. The van der Waals surface area contributed by atoms with Gasteiger partial charge in [0.15, 0.2) is 0 Å². The summed E-state index contributed by atoms with van der Waals surface area (Å²) in [5.41, 5.74) is 2.51. The molecule has 4 rings (SSSR count). The van der Waals surface area contributed by atoms with Crippen LogP contribution in [0.15, 0.2) is 54.2 Å². The zero-order valence-electron chi connectivity index (χ0n) is 15.0. The quantitative estimate of drug-likeness (QED) is 0.696. The average molecular weight is 380 g/mol. The van der Waals surface area contributed by atoms with Crippen molar-refractivity contribution >= 4 is 22.9 Å². The number of carbonyl (C=O) groups is 1. The van der Waals surface area contributed by atoms with Crippen LogP contribution in [0.5, 0.6) is 5.75 Å². The Hall–Kier alpha value is -2.93. The third-order valence-corrected chi connectivity index (χ3v) is 5.52. The molecule has 138 valence electrons. The number of pyridine rings is 1. The Labute approximate surface area is 162 Å². The molecular formula is C20H20N4O2S. The minimum Gasteiger partial charge on any atom is -0.495 e. The molecule has 1 aromatic carbocycles. The van der Waals surface area contributed by atoms with Crippen LogP contribution in [0.1, 0.15) is 10.5 Å². The van der Waals surface area contributed by atoms with Gasteiger partial charge in [0.1, 0.15) is 16.5 Å². The Morgan fingerprint density at radius 2 is 1.93 bits per heavy atom. The Kier molecular flexibility index (Phi) is 5.02. The zero-order chi connectivity index (χ0) is 18.6. The van der Waals surface area contributed by atoms with Gasteiger partial charge in [-0.15, -0.1) is 11.3 Å². The molecule has 2 aromatic heterocycles. The number of ether oxygens (including phenoxy) is 1. The number of amides is 1. The molecule has 0 spiro atoms. The van der Waals surface area contributed by atoms with Crippen LogP contribution in [0, 0.1) is 0 Å². The van der Waals surface area contributed by atoms with E-state index in [4.69, 9.17) is 4.74 Å². The number of carbonyl (C=O) groups excluding carboxylic acids is 1.